The van der Waals surface area contributed by atoms with E-state index in [1.165, 1.54) is 19.1 Å². The average Bonchev–Trinajstić information content (AvgIpc) is 3.13. The molecule has 1 fully saturated rings. The Kier molecular flexibility index (Phi) is 3.64. The first-order valence-corrected chi connectivity index (χ1v) is 8.05. The Hall–Kier alpha value is -1.07. The fraction of sp³-hybridized carbons (Fsp3) is 0.538. The highest BCUT2D eigenvalue weighted by molar-refractivity contribution is 7.90. The van der Waals surface area contributed by atoms with Crippen LogP contribution in [-0.2, 0) is 9.84 Å². The van der Waals surface area contributed by atoms with Gasteiger partial charge in [0.05, 0.1) is 4.90 Å². The van der Waals surface area contributed by atoms with E-state index < -0.39 is 9.84 Å². The topological polar surface area (TPSA) is 63.4 Å². The van der Waals surface area contributed by atoms with Crippen molar-refractivity contribution in [1.29, 1.82) is 0 Å². The third-order valence-electron chi connectivity index (χ3n) is 3.58. The van der Waals surface area contributed by atoms with Crippen molar-refractivity contribution in [3.63, 3.8) is 0 Å². The van der Waals surface area contributed by atoms with Gasteiger partial charge in [-0.15, -0.1) is 0 Å². The number of likely N-dealkylation sites (N-methyl/N-ethyl adjacent to an activating group) is 1. The highest BCUT2D eigenvalue weighted by Crippen LogP contribution is 2.36. The molecule has 0 spiro atoms. The van der Waals surface area contributed by atoms with Gasteiger partial charge in [0.1, 0.15) is 0 Å². The first-order chi connectivity index (χ1) is 8.43. The van der Waals surface area contributed by atoms with E-state index >= 15 is 0 Å². The third-order valence-corrected chi connectivity index (χ3v) is 4.71. The van der Waals surface area contributed by atoms with E-state index in [2.05, 4.69) is 4.90 Å². The van der Waals surface area contributed by atoms with Crippen LogP contribution in [0.15, 0.2) is 29.2 Å². The number of sulfone groups is 1. The third kappa shape index (κ3) is 2.84. The summed E-state index contributed by atoms with van der Waals surface area (Å²) in [4.78, 5) is 2.51. The molecule has 0 aromatic heterocycles. The number of nitrogens with two attached hydrogens (primary N) is 1. The fourth-order valence-corrected chi connectivity index (χ4v) is 2.90. The Morgan fingerprint density at radius 3 is 2.28 bits per heavy atom. The van der Waals surface area contributed by atoms with E-state index in [1.807, 2.05) is 19.2 Å². The molecule has 1 aliphatic carbocycles. The van der Waals surface area contributed by atoms with Crippen LogP contribution in [0.1, 0.15) is 12.8 Å². The van der Waals surface area contributed by atoms with Crippen molar-refractivity contribution in [2.24, 2.45) is 11.7 Å². The average molecular weight is 268 g/mol. The fourth-order valence-electron chi connectivity index (χ4n) is 2.27. The summed E-state index contributed by atoms with van der Waals surface area (Å²) in [7, 11) is -1.10. The van der Waals surface area contributed by atoms with Crippen LogP contribution in [-0.4, -0.2) is 34.3 Å². The van der Waals surface area contributed by atoms with Crippen LogP contribution < -0.4 is 10.6 Å². The lowest BCUT2D eigenvalue weighted by Gasteiger charge is -2.29. The Bertz CT molecular complexity index is 506. The van der Waals surface area contributed by atoms with Gasteiger partial charge in [0, 0.05) is 31.6 Å². The van der Waals surface area contributed by atoms with E-state index in [0.29, 0.717) is 23.4 Å². The monoisotopic (exact) mass is 268 g/mol. The van der Waals surface area contributed by atoms with Crippen molar-refractivity contribution in [3.05, 3.63) is 24.3 Å². The van der Waals surface area contributed by atoms with Crippen LogP contribution in [0.25, 0.3) is 0 Å². The maximum atomic E-state index is 11.4. The highest BCUT2D eigenvalue weighted by atomic mass is 32.2. The van der Waals surface area contributed by atoms with Gasteiger partial charge < -0.3 is 10.6 Å². The molecule has 0 saturated heterocycles. The molecule has 0 aliphatic heterocycles. The van der Waals surface area contributed by atoms with Crippen molar-refractivity contribution < 1.29 is 8.42 Å². The van der Waals surface area contributed by atoms with Gasteiger partial charge >= 0.3 is 0 Å². The lowest BCUT2D eigenvalue weighted by atomic mass is 10.1. The molecule has 5 heteroatoms. The van der Waals surface area contributed by atoms with E-state index in [1.54, 1.807) is 12.1 Å². The van der Waals surface area contributed by atoms with Gasteiger partial charge in [-0.05, 0) is 43.0 Å². The standard InChI is InChI=1S/C13H20N2O2S/c1-15(13(9-14)10-3-4-10)11-5-7-12(8-6-11)18(2,16)17/h5-8,10,13H,3-4,9,14H2,1-2H3. The molecule has 100 valence electrons. The molecule has 1 unspecified atom stereocenters. The smallest absolute Gasteiger partial charge is 0.175 e. The van der Waals surface area contributed by atoms with Gasteiger partial charge in [0.2, 0.25) is 0 Å². The van der Waals surface area contributed by atoms with E-state index in [9.17, 15) is 8.42 Å². The Morgan fingerprint density at radius 1 is 1.33 bits per heavy atom. The SMILES string of the molecule is CN(c1ccc(S(C)(=O)=O)cc1)C(CN)C1CC1. The Morgan fingerprint density at radius 2 is 1.89 bits per heavy atom. The van der Waals surface area contributed by atoms with Crippen molar-refractivity contribution in [2.45, 2.75) is 23.8 Å². The summed E-state index contributed by atoms with van der Waals surface area (Å²) in [5, 5.41) is 0. The number of hydrogen-bond donors (Lipinski definition) is 1. The molecular weight excluding hydrogens is 248 g/mol. The molecule has 18 heavy (non-hydrogen) atoms. The molecular formula is C13H20N2O2S. The molecule has 4 nitrogen and oxygen atoms in total. The predicted molar refractivity (Wildman–Crippen MR) is 73.5 cm³/mol. The zero-order chi connectivity index (χ0) is 13.3. The number of benzene rings is 1. The minimum atomic E-state index is -3.12. The zero-order valence-electron chi connectivity index (χ0n) is 10.8. The summed E-state index contributed by atoms with van der Waals surface area (Å²) in [5.74, 6) is 0.689. The highest BCUT2D eigenvalue weighted by Gasteiger charge is 2.33. The molecule has 0 radical (unpaired) electrons. The van der Waals surface area contributed by atoms with E-state index in [4.69, 9.17) is 5.73 Å². The first kappa shape index (κ1) is 13.4. The van der Waals surface area contributed by atoms with Crippen LogP contribution >= 0.6 is 0 Å². The van der Waals surface area contributed by atoms with Crippen LogP contribution in [0.4, 0.5) is 5.69 Å². The molecule has 2 N–H and O–H groups in total. The predicted octanol–water partition coefficient (Wildman–Crippen LogP) is 1.26. The maximum absolute atomic E-state index is 11.4. The second-order valence-corrected chi connectivity index (χ2v) is 7.03. The molecule has 1 aromatic carbocycles. The zero-order valence-corrected chi connectivity index (χ0v) is 11.7. The van der Waals surface area contributed by atoms with Crippen molar-refractivity contribution in [3.8, 4) is 0 Å². The van der Waals surface area contributed by atoms with Gasteiger partial charge in [0.15, 0.2) is 9.84 Å². The summed E-state index contributed by atoms with van der Waals surface area (Å²) in [6.07, 6.45) is 3.71. The lowest BCUT2D eigenvalue weighted by molar-refractivity contribution is 0.570. The number of nitrogens with zero attached hydrogens (tertiary/aromatic N) is 1. The largest absolute Gasteiger partial charge is 0.370 e. The minimum Gasteiger partial charge on any atom is -0.370 e. The van der Waals surface area contributed by atoms with Crippen LogP contribution in [0.3, 0.4) is 0 Å². The molecule has 2 rings (SSSR count). The summed E-state index contributed by atoms with van der Waals surface area (Å²) < 4.78 is 22.8. The first-order valence-electron chi connectivity index (χ1n) is 6.16. The lowest BCUT2D eigenvalue weighted by Crippen LogP contribution is -2.39. The maximum Gasteiger partial charge on any atom is 0.175 e. The molecule has 1 atom stereocenters. The minimum absolute atomic E-state index is 0.356. The summed E-state index contributed by atoms with van der Waals surface area (Å²) in [5.41, 5.74) is 6.83. The van der Waals surface area contributed by atoms with Crippen molar-refractivity contribution >= 4 is 15.5 Å². The Labute approximate surface area is 109 Å². The van der Waals surface area contributed by atoms with Crippen LogP contribution in [0.5, 0.6) is 0 Å². The van der Waals surface area contributed by atoms with Gasteiger partial charge in [-0.1, -0.05) is 0 Å². The number of rotatable bonds is 5. The van der Waals surface area contributed by atoms with Crippen LogP contribution in [0, 0.1) is 5.92 Å². The summed E-state index contributed by atoms with van der Waals surface area (Å²) in [6.45, 7) is 0.634. The van der Waals surface area contributed by atoms with Crippen molar-refractivity contribution in [2.75, 3.05) is 24.7 Å². The number of anilines is 1. The number of hydrogen-bond acceptors (Lipinski definition) is 4. The molecule has 1 aliphatic rings. The second-order valence-electron chi connectivity index (χ2n) is 5.02. The second kappa shape index (κ2) is 4.90. The molecule has 0 heterocycles. The quantitative estimate of drug-likeness (QED) is 0.873. The van der Waals surface area contributed by atoms with Crippen LogP contribution in [0.2, 0.25) is 0 Å². The van der Waals surface area contributed by atoms with Crippen molar-refractivity contribution in [1.82, 2.24) is 0 Å². The molecule has 0 amide bonds. The summed E-state index contributed by atoms with van der Waals surface area (Å²) >= 11 is 0. The van der Waals surface area contributed by atoms with Gasteiger partial charge in [-0.25, -0.2) is 8.42 Å². The van der Waals surface area contributed by atoms with Gasteiger partial charge in [-0.2, -0.15) is 0 Å². The van der Waals surface area contributed by atoms with Gasteiger partial charge in [0.25, 0.3) is 0 Å². The van der Waals surface area contributed by atoms with E-state index in [-0.39, 0.29) is 0 Å². The normalized spacial score (nSPS) is 17.5. The molecule has 1 aromatic rings. The molecule has 0 bridgehead atoms. The summed E-state index contributed by atoms with van der Waals surface area (Å²) in [6, 6.07) is 7.36. The Balaban J connectivity index is 2.18. The van der Waals surface area contributed by atoms with E-state index in [0.717, 1.165) is 5.69 Å². The molecule has 1 saturated carbocycles. The van der Waals surface area contributed by atoms with Gasteiger partial charge in [-0.3, -0.25) is 0 Å².